The van der Waals surface area contributed by atoms with Crippen LogP contribution in [0, 0.1) is 0 Å². The highest BCUT2D eigenvalue weighted by Crippen LogP contribution is 2.37. The van der Waals surface area contributed by atoms with Gasteiger partial charge in [0.15, 0.2) is 0 Å². The van der Waals surface area contributed by atoms with Crippen LogP contribution in [-0.2, 0) is 6.54 Å². The van der Waals surface area contributed by atoms with Crippen molar-refractivity contribution in [3.05, 3.63) is 77.4 Å². The number of rotatable bonds is 6. The number of likely N-dealkylation sites (tertiary alicyclic amines) is 1. The monoisotopic (exact) mass is 442 g/mol. The van der Waals surface area contributed by atoms with Crippen molar-refractivity contribution in [2.24, 2.45) is 0 Å². The van der Waals surface area contributed by atoms with E-state index in [9.17, 15) is 0 Å². The molecular formula is C27H30N4S. The van der Waals surface area contributed by atoms with Gasteiger partial charge in [-0.05, 0) is 35.4 Å². The molecule has 5 heteroatoms. The van der Waals surface area contributed by atoms with Gasteiger partial charge in [0, 0.05) is 36.6 Å². The lowest BCUT2D eigenvalue weighted by Gasteiger charge is -2.32. The number of thiophene rings is 1. The Balaban J connectivity index is 1.31. The Hall–Kier alpha value is -2.76. The lowest BCUT2D eigenvalue weighted by molar-refractivity contribution is 0.211. The van der Waals surface area contributed by atoms with Crippen molar-refractivity contribution in [1.29, 1.82) is 0 Å². The number of piperidine rings is 1. The minimum atomic E-state index is 0.441. The first-order valence-electron chi connectivity index (χ1n) is 11.5. The zero-order valence-corrected chi connectivity index (χ0v) is 19.6. The second-order valence-corrected chi connectivity index (χ2v) is 9.87. The number of fused-ring (bicyclic) bond motifs is 1. The Labute approximate surface area is 194 Å². The third-order valence-electron chi connectivity index (χ3n) is 6.44. The second-order valence-electron chi connectivity index (χ2n) is 9.01. The van der Waals surface area contributed by atoms with Gasteiger partial charge < -0.3 is 5.32 Å². The largest absolute Gasteiger partial charge is 0.367 e. The number of hydrogen-bond acceptors (Lipinski definition) is 5. The minimum absolute atomic E-state index is 0.441. The van der Waals surface area contributed by atoms with Crippen LogP contribution in [0.4, 0.5) is 5.82 Å². The standard InChI is InChI=1S/C27H30N4S/c1-19(2)21-8-10-22(11-9-21)24-17-32-27-25(24)26(28-18-29-27)30-23-12-14-31(15-13-23)16-20-6-4-3-5-7-20/h3-11,17-19,23H,12-16H2,1-2H3,(H,28,29,30). The Morgan fingerprint density at radius 2 is 1.75 bits per heavy atom. The Kier molecular flexibility index (Phi) is 6.19. The van der Waals surface area contributed by atoms with Gasteiger partial charge in [-0.1, -0.05) is 68.4 Å². The molecule has 1 aliphatic heterocycles. The molecule has 1 N–H and O–H groups in total. The van der Waals surface area contributed by atoms with Crippen LogP contribution in [0.5, 0.6) is 0 Å². The summed E-state index contributed by atoms with van der Waals surface area (Å²) in [6, 6.07) is 20.1. The first-order valence-corrected chi connectivity index (χ1v) is 12.4. The molecule has 0 amide bonds. The summed E-state index contributed by atoms with van der Waals surface area (Å²) in [5, 5.41) is 7.14. The molecule has 0 atom stereocenters. The molecule has 2 aromatic heterocycles. The van der Waals surface area contributed by atoms with E-state index < -0.39 is 0 Å². The molecule has 1 saturated heterocycles. The molecule has 4 aromatic rings. The van der Waals surface area contributed by atoms with E-state index in [1.54, 1.807) is 17.7 Å². The van der Waals surface area contributed by atoms with E-state index >= 15 is 0 Å². The number of aromatic nitrogens is 2. The first-order chi connectivity index (χ1) is 15.7. The van der Waals surface area contributed by atoms with Crippen LogP contribution in [0.25, 0.3) is 21.3 Å². The third-order valence-corrected chi connectivity index (χ3v) is 7.32. The van der Waals surface area contributed by atoms with Crippen LogP contribution in [0.3, 0.4) is 0 Å². The summed E-state index contributed by atoms with van der Waals surface area (Å²) in [6.07, 6.45) is 3.94. The molecule has 0 saturated carbocycles. The van der Waals surface area contributed by atoms with Crippen molar-refractivity contribution in [1.82, 2.24) is 14.9 Å². The summed E-state index contributed by atoms with van der Waals surface area (Å²) in [4.78, 5) is 12.8. The molecule has 164 valence electrons. The predicted octanol–water partition coefficient (Wildman–Crippen LogP) is 6.56. The van der Waals surface area contributed by atoms with E-state index in [4.69, 9.17) is 0 Å². The smallest absolute Gasteiger partial charge is 0.139 e. The number of hydrogen-bond donors (Lipinski definition) is 1. The van der Waals surface area contributed by atoms with Crippen molar-refractivity contribution < 1.29 is 0 Å². The average Bonchev–Trinajstić information content (AvgIpc) is 3.26. The summed E-state index contributed by atoms with van der Waals surface area (Å²) < 4.78 is 0. The first kappa shape index (κ1) is 21.1. The summed E-state index contributed by atoms with van der Waals surface area (Å²) >= 11 is 1.70. The highest BCUT2D eigenvalue weighted by molar-refractivity contribution is 7.17. The fourth-order valence-corrected chi connectivity index (χ4v) is 5.43. The molecule has 2 aromatic carbocycles. The maximum absolute atomic E-state index is 4.66. The molecule has 1 aliphatic rings. The quantitative estimate of drug-likeness (QED) is 0.367. The molecule has 0 radical (unpaired) electrons. The number of benzene rings is 2. The van der Waals surface area contributed by atoms with Crippen molar-refractivity contribution in [3.8, 4) is 11.1 Å². The van der Waals surface area contributed by atoms with Crippen molar-refractivity contribution >= 4 is 27.4 Å². The highest BCUT2D eigenvalue weighted by Gasteiger charge is 2.21. The van der Waals surface area contributed by atoms with Crippen molar-refractivity contribution in [2.45, 2.75) is 45.2 Å². The van der Waals surface area contributed by atoms with Gasteiger partial charge in [-0.3, -0.25) is 4.90 Å². The van der Waals surface area contributed by atoms with E-state index in [0.717, 1.165) is 48.5 Å². The zero-order chi connectivity index (χ0) is 21.9. The molecule has 4 nitrogen and oxygen atoms in total. The molecule has 1 fully saturated rings. The third kappa shape index (κ3) is 4.54. The van der Waals surface area contributed by atoms with Crippen LogP contribution in [0.2, 0.25) is 0 Å². The molecule has 5 rings (SSSR count). The van der Waals surface area contributed by atoms with Gasteiger partial charge in [0.25, 0.3) is 0 Å². The summed E-state index contributed by atoms with van der Waals surface area (Å²) in [7, 11) is 0. The Bertz CT molecular complexity index is 1160. The fourth-order valence-electron chi connectivity index (χ4n) is 4.51. The van der Waals surface area contributed by atoms with Gasteiger partial charge in [0.05, 0.1) is 5.39 Å². The number of nitrogens with zero attached hydrogens (tertiary/aromatic N) is 3. The number of anilines is 1. The SMILES string of the molecule is CC(C)c1ccc(-c2csc3ncnc(NC4CCN(Cc5ccccc5)CC4)c23)cc1. The van der Waals surface area contributed by atoms with Gasteiger partial charge in [-0.15, -0.1) is 11.3 Å². The van der Waals surface area contributed by atoms with E-state index in [0.29, 0.717) is 12.0 Å². The molecule has 0 aliphatic carbocycles. The maximum atomic E-state index is 4.66. The molecule has 0 bridgehead atoms. The lowest BCUT2D eigenvalue weighted by Crippen LogP contribution is -2.38. The Morgan fingerprint density at radius 3 is 2.47 bits per heavy atom. The van der Waals surface area contributed by atoms with Crippen LogP contribution in [0.15, 0.2) is 66.3 Å². The molecule has 3 heterocycles. The van der Waals surface area contributed by atoms with Crippen LogP contribution in [0.1, 0.15) is 43.7 Å². The zero-order valence-electron chi connectivity index (χ0n) is 18.8. The van der Waals surface area contributed by atoms with E-state index in [1.165, 1.54) is 22.3 Å². The summed E-state index contributed by atoms with van der Waals surface area (Å²) in [5.41, 5.74) is 5.22. The number of nitrogens with one attached hydrogen (secondary N) is 1. The highest BCUT2D eigenvalue weighted by atomic mass is 32.1. The van der Waals surface area contributed by atoms with Gasteiger partial charge in [0.1, 0.15) is 17.0 Å². The summed E-state index contributed by atoms with van der Waals surface area (Å²) in [6.45, 7) is 7.71. The van der Waals surface area contributed by atoms with Crippen molar-refractivity contribution in [3.63, 3.8) is 0 Å². The van der Waals surface area contributed by atoms with E-state index in [-0.39, 0.29) is 0 Å². The van der Waals surface area contributed by atoms with Crippen molar-refractivity contribution in [2.75, 3.05) is 18.4 Å². The second kappa shape index (κ2) is 9.39. The van der Waals surface area contributed by atoms with Crippen LogP contribution in [-0.4, -0.2) is 34.0 Å². The van der Waals surface area contributed by atoms with Gasteiger partial charge in [-0.2, -0.15) is 0 Å². The van der Waals surface area contributed by atoms with E-state index in [2.05, 4.69) is 94.0 Å². The van der Waals surface area contributed by atoms with Gasteiger partial charge >= 0.3 is 0 Å². The maximum Gasteiger partial charge on any atom is 0.139 e. The minimum Gasteiger partial charge on any atom is -0.367 e. The Morgan fingerprint density at radius 1 is 1.00 bits per heavy atom. The fraction of sp³-hybridized carbons (Fsp3) is 0.333. The van der Waals surface area contributed by atoms with Gasteiger partial charge in [0.2, 0.25) is 0 Å². The van der Waals surface area contributed by atoms with Gasteiger partial charge in [-0.25, -0.2) is 9.97 Å². The molecule has 32 heavy (non-hydrogen) atoms. The predicted molar refractivity (Wildman–Crippen MR) is 135 cm³/mol. The topological polar surface area (TPSA) is 41.1 Å². The molecular weight excluding hydrogens is 412 g/mol. The van der Waals surface area contributed by atoms with E-state index in [1.807, 2.05) is 0 Å². The average molecular weight is 443 g/mol. The summed E-state index contributed by atoms with van der Waals surface area (Å²) in [5.74, 6) is 1.51. The molecule has 0 spiro atoms. The van der Waals surface area contributed by atoms with Crippen LogP contribution >= 0.6 is 11.3 Å². The molecule has 0 unspecified atom stereocenters. The van der Waals surface area contributed by atoms with Crippen LogP contribution < -0.4 is 5.32 Å². The lowest BCUT2D eigenvalue weighted by atomic mass is 9.98. The normalized spacial score (nSPS) is 15.5.